The molecule has 1 aliphatic heterocycles. The first-order valence-corrected chi connectivity index (χ1v) is 7.70. The van der Waals surface area contributed by atoms with Gasteiger partial charge in [-0.05, 0) is 32.9 Å². The van der Waals surface area contributed by atoms with Crippen molar-refractivity contribution in [3.8, 4) is 0 Å². The Bertz CT molecular complexity index is 404. The molecule has 114 valence electrons. The molecule has 1 aromatic rings. The molecule has 0 amide bonds. The average molecular weight is 280 g/mol. The van der Waals surface area contributed by atoms with Gasteiger partial charge in [0.1, 0.15) is 0 Å². The Hall–Kier alpha value is -0.910. The van der Waals surface area contributed by atoms with E-state index in [1.54, 1.807) is 0 Å². The minimum atomic E-state index is 0.188. The number of rotatable bonds is 6. The van der Waals surface area contributed by atoms with Gasteiger partial charge >= 0.3 is 0 Å². The van der Waals surface area contributed by atoms with E-state index in [1.165, 1.54) is 5.69 Å². The Morgan fingerprint density at radius 1 is 1.50 bits per heavy atom. The quantitative estimate of drug-likeness (QED) is 0.859. The maximum atomic E-state index is 6.05. The van der Waals surface area contributed by atoms with Crippen LogP contribution in [0.2, 0.25) is 0 Å². The summed E-state index contributed by atoms with van der Waals surface area (Å²) >= 11 is 0. The zero-order valence-corrected chi connectivity index (χ0v) is 13.2. The maximum Gasteiger partial charge on any atom is 0.0912 e. The van der Waals surface area contributed by atoms with E-state index in [0.717, 1.165) is 32.7 Å². The summed E-state index contributed by atoms with van der Waals surface area (Å²) in [6, 6.07) is 2.87. The zero-order chi connectivity index (χ0) is 14.5. The van der Waals surface area contributed by atoms with E-state index in [-0.39, 0.29) is 12.1 Å². The summed E-state index contributed by atoms with van der Waals surface area (Å²) in [4.78, 5) is 2.49. The van der Waals surface area contributed by atoms with Gasteiger partial charge in [0.25, 0.3) is 0 Å². The number of aryl methyl sites for hydroxylation is 1. The number of morpholine rings is 1. The lowest BCUT2D eigenvalue weighted by Gasteiger charge is -2.39. The van der Waals surface area contributed by atoms with Gasteiger partial charge in [-0.25, -0.2) is 0 Å². The van der Waals surface area contributed by atoms with Gasteiger partial charge in [0, 0.05) is 32.4 Å². The average Bonchev–Trinajstić information content (AvgIpc) is 2.86. The lowest BCUT2D eigenvalue weighted by molar-refractivity contribution is -0.0571. The third kappa shape index (κ3) is 3.59. The van der Waals surface area contributed by atoms with Crippen molar-refractivity contribution in [1.29, 1.82) is 0 Å². The van der Waals surface area contributed by atoms with Gasteiger partial charge in [-0.1, -0.05) is 6.92 Å². The molecule has 0 radical (unpaired) electrons. The van der Waals surface area contributed by atoms with Crippen LogP contribution >= 0.6 is 0 Å². The highest BCUT2D eigenvalue weighted by Crippen LogP contribution is 2.23. The van der Waals surface area contributed by atoms with Crippen LogP contribution < -0.4 is 5.32 Å². The highest BCUT2D eigenvalue weighted by atomic mass is 16.5. The SMILES string of the molecule is CCCNC(c1ccnn1C)C1CN(C(C)C)CCO1. The van der Waals surface area contributed by atoms with Crippen LogP contribution in [0.1, 0.15) is 38.9 Å². The van der Waals surface area contributed by atoms with Crippen LogP contribution in [-0.4, -0.2) is 53.1 Å². The van der Waals surface area contributed by atoms with Crippen LogP contribution in [0.3, 0.4) is 0 Å². The van der Waals surface area contributed by atoms with E-state index in [0.29, 0.717) is 6.04 Å². The van der Waals surface area contributed by atoms with Crippen LogP contribution in [0.5, 0.6) is 0 Å². The van der Waals surface area contributed by atoms with Crippen molar-refractivity contribution in [2.24, 2.45) is 7.05 Å². The summed E-state index contributed by atoms with van der Waals surface area (Å²) in [6.45, 7) is 10.5. The highest BCUT2D eigenvalue weighted by Gasteiger charge is 2.31. The smallest absolute Gasteiger partial charge is 0.0912 e. The minimum Gasteiger partial charge on any atom is -0.374 e. The van der Waals surface area contributed by atoms with Crippen LogP contribution in [0.25, 0.3) is 0 Å². The lowest BCUT2D eigenvalue weighted by atomic mass is 10.0. The first-order valence-electron chi connectivity index (χ1n) is 7.70. The molecule has 2 rings (SSSR count). The highest BCUT2D eigenvalue weighted by molar-refractivity contribution is 5.10. The fourth-order valence-electron chi connectivity index (χ4n) is 2.78. The van der Waals surface area contributed by atoms with Gasteiger partial charge < -0.3 is 10.1 Å². The number of ether oxygens (including phenoxy) is 1. The summed E-state index contributed by atoms with van der Waals surface area (Å²) in [5.74, 6) is 0. The number of nitrogens with zero attached hydrogens (tertiary/aromatic N) is 3. The molecule has 5 heteroatoms. The molecular formula is C15H28N4O. The van der Waals surface area contributed by atoms with E-state index >= 15 is 0 Å². The van der Waals surface area contributed by atoms with Crippen molar-refractivity contribution in [1.82, 2.24) is 20.0 Å². The second kappa shape index (κ2) is 7.20. The monoisotopic (exact) mass is 280 g/mol. The largest absolute Gasteiger partial charge is 0.374 e. The zero-order valence-electron chi connectivity index (χ0n) is 13.2. The Morgan fingerprint density at radius 3 is 2.90 bits per heavy atom. The van der Waals surface area contributed by atoms with Crippen LogP contribution in [0, 0.1) is 0 Å². The summed E-state index contributed by atoms with van der Waals surface area (Å²) in [5, 5.41) is 7.93. The van der Waals surface area contributed by atoms with E-state index in [4.69, 9.17) is 4.74 Å². The molecule has 1 fully saturated rings. The molecule has 2 atom stereocenters. The normalized spacial score (nSPS) is 22.4. The van der Waals surface area contributed by atoms with Gasteiger partial charge in [-0.15, -0.1) is 0 Å². The molecule has 0 aromatic carbocycles. The van der Waals surface area contributed by atoms with Gasteiger partial charge in [-0.3, -0.25) is 9.58 Å². The molecule has 1 saturated heterocycles. The minimum absolute atomic E-state index is 0.188. The van der Waals surface area contributed by atoms with Crippen LogP contribution in [0.15, 0.2) is 12.3 Å². The molecule has 1 aliphatic rings. The van der Waals surface area contributed by atoms with Crippen molar-refractivity contribution < 1.29 is 4.74 Å². The fourth-order valence-corrected chi connectivity index (χ4v) is 2.78. The first-order chi connectivity index (χ1) is 9.63. The van der Waals surface area contributed by atoms with E-state index < -0.39 is 0 Å². The van der Waals surface area contributed by atoms with E-state index in [9.17, 15) is 0 Å². The maximum absolute atomic E-state index is 6.05. The lowest BCUT2D eigenvalue weighted by Crippen LogP contribution is -2.50. The van der Waals surface area contributed by atoms with E-state index in [2.05, 4.69) is 42.2 Å². The predicted octanol–water partition coefficient (Wildman–Crippen LogP) is 1.57. The molecule has 2 heterocycles. The summed E-state index contributed by atoms with van der Waals surface area (Å²) in [7, 11) is 2.00. The molecule has 1 N–H and O–H groups in total. The number of hydrogen-bond donors (Lipinski definition) is 1. The van der Waals surface area contributed by atoms with Crippen LogP contribution in [-0.2, 0) is 11.8 Å². The molecular weight excluding hydrogens is 252 g/mol. The fraction of sp³-hybridized carbons (Fsp3) is 0.800. The van der Waals surface area contributed by atoms with Gasteiger partial charge in [0.15, 0.2) is 0 Å². The Kier molecular flexibility index (Phi) is 5.57. The molecule has 0 spiro atoms. The van der Waals surface area contributed by atoms with Crippen LogP contribution in [0.4, 0.5) is 0 Å². The molecule has 20 heavy (non-hydrogen) atoms. The topological polar surface area (TPSA) is 42.3 Å². The van der Waals surface area contributed by atoms with Gasteiger partial charge in [0.2, 0.25) is 0 Å². The molecule has 5 nitrogen and oxygen atoms in total. The summed E-state index contributed by atoms with van der Waals surface area (Å²) in [5.41, 5.74) is 1.20. The first kappa shape index (κ1) is 15.5. The van der Waals surface area contributed by atoms with Gasteiger partial charge in [0.05, 0.1) is 24.4 Å². The molecule has 2 unspecified atom stereocenters. The standard InChI is InChI=1S/C15H28N4O/c1-5-7-16-15(13-6-8-17-18(13)4)14-11-19(12(2)3)9-10-20-14/h6,8,12,14-16H,5,7,9-11H2,1-4H3. The second-order valence-electron chi connectivity index (χ2n) is 5.81. The number of hydrogen-bond acceptors (Lipinski definition) is 4. The van der Waals surface area contributed by atoms with Gasteiger partial charge in [-0.2, -0.15) is 5.10 Å². The Morgan fingerprint density at radius 2 is 2.30 bits per heavy atom. The van der Waals surface area contributed by atoms with Crippen molar-refractivity contribution >= 4 is 0 Å². The van der Waals surface area contributed by atoms with E-state index in [1.807, 2.05) is 17.9 Å². The molecule has 0 bridgehead atoms. The molecule has 0 saturated carbocycles. The second-order valence-corrected chi connectivity index (χ2v) is 5.81. The Balaban J connectivity index is 2.12. The summed E-state index contributed by atoms with van der Waals surface area (Å²) < 4.78 is 8.00. The number of aromatic nitrogens is 2. The summed E-state index contributed by atoms with van der Waals surface area (Å²) in [6.07, 6.45) is 3.17. The third-order valence-electron chi connectivity index (χ3n) is 4.02. The predicted molar refractivity (Wildman–Crippen MR) is 80.7 cm³/mol. The van der Waals surface area contributed by atoms with Crippen molar-refractivity contribution in [2.45, 2.75) is 45.4 Å². The Labute approximate surface area is 122 Å². The third-order valence-corrected chi connectivity index (χ3v) is 4.02. The molecule has 0 aliphatic carbocycles. The molecule has 1 aromatic heterocycles. The van der Waals surface area contributed by atoms with Crippen molar-refractivity contribution in [3.05, 3.63) is 18.0 Å². The number of nitrogens with one attached hydrogen (secondary N) is 1. The van der Waals surface area contributed by atoms with Crippen molar-refractivity contribution in [2.75, 3.05) is 26.2 Å². The van der Waals surface area contributed by atoms with Crippen molar-refractivity contribution in [3.63, 3.8) is 0 Å².